The molecule has 8 nitrogen and oxygen atoms in total. The van der Waals surface area contributed by atoms with Crippen LogP contribution < -0.4 is 14.4 Å². The molecule has 0 bridgehead atoms. The predicted molar refractivity (Wildman–Crippen MR) is 128 cm³/mol. The second kappa shape index (κ2) is 8.83. The molecule has 0 spiro atoms. The fraction of sp³-hybridized carbons (Fsp3) is 0.200. The number of aromatic nitrogens is 4. The Morgan fingerprint density at radius 1 is 0.882 bits per heavy atom. The number of thioether (sulfide) groups is 1. The Bertz CT molecular complexity index is 1320. The van der Waals surface area contributed by atoms with Crippen LogP contribution in [0.4, 0.5) is 11.4 Å². The number of amides is 1. The highest BCUT2D eigenvalue weighted by atomic mass is 32.2. The van der Waals surface area contributed by atoms with Crippen molar-refractivity contribution in [3.8, 4) is 17.2 Å². The van der Waals surface area contributed by atoms with Crippen LogP contribution in [0.15, 0.2) is 71.9 Å². The Hall–Kier alpha value is -3.85. The summed E-state index contributed by atoms with van der Waals surface area (Å²) < 4.78 is 12.9. The highest BCUT2D eigenvalue weighted by molar-refractivity contribution is 7.99. The van der Waals surface area contributed by atoms with Gasteiger partial charge in [-0.05, 0) is 58.7 Å². The Balaban J connectivity index is 1.27. The van der Waals surface area contributed by atoms with Crippen LogP contribution in [0.3, 0.4) is 0 Å². The molecule has 0 N–H and O–H groups in total. The molecule has 1 aromatic heterocycles. The standard InChI is InChI=1S/C25H21N5O3S/c31-24(29-20-7-3-1-5-17(20)9-10-18-6-2-4-8-21(18)29)16-34-25-26-27-28-30(25)19-11-12-22-23(15-19)33-14-13-32-22/h1-8,11-12,15H,9-10,13-14,16H2. The van der Waals surface area contributed by atoms with Crippen LogP contribution in [0.1, 0.15) is 11.1 Å². The summed E-state index contributed by atoms with van der Waals surface area (Å²) in [4.78, 5) is 15.4. The van der Waals surface area contributed by atoms with Crippen molar-refractivity contribution in [2.45, 2.75) is 18.0 Å². The zero-order chi connectivity index (χ0) is 22.9. The van der Waals surface area contributed by atoms with Gasteiger partial charge in [-0.2, -0.15) is 4.68 Å². The molecule has 0 atom stereocenters. The number of rotatable bonds is 4. The van der Waals surface area contributed by atoms with Gasteiger partial charge in [-0.3, -0.25) is 9.69 Å². The fourth-order valence-electron chi connectivity index (χ4n) is 4.33. The third kappa shape index (κ3) is 3.77. The predicted octanol–water partition coefficient (Wildman–Crippen LogP) is 3.99. The van der Waals surface area contributed by atoms with Crippen LogP contribution in [-0.4, -0.2) is 45.1 Å². The van der Waals surface area contributed by atoms with Crippen LogP contribution >= 0.6 is 11.8 Å². The van der Waals surface area contributed by atoms with E-state index in [1.807, 2.05) is 59.5 Å². The molecule has 3 aromatic carbocycles. The zero-order valence-corrected chi connectivity index (χ0v) is 19.1. The number of aryl methyl sites for hydroxylation is 2. The Morgan fingerprint density at radius 3 is 2.29 bits per heavy atom. The van der Waals surface area contributed by atoms with Crippen molar-refractivity contribution >= 4 is 29.0 Å². The summed E-state index contributed by atoms with van der Waals surface area (Å²) in [5.74, 6) is 1.52. The van der Waals surface area contributed by atoms with Gasteiger partial charge in [-0.25, -0.2) is 0 Å². The van der Waals surface area contributed by atoms with E-state index in [2.05, 4.69) is 27.7 Å². The number of ether oxygens (including phenoxy) is 2. The van der Waals surface area contributed by atoms with E-state index in [4.69, 9.17) is 9.47 Å². The van der Waals surface area contributed by atoms with Crippen molar-refractivity contribution < 1.29 is 14.3 Å². The smallest absolute Gasteiger partial charge is 0.242 e. The van der Waals surface area contributed by atoms with Crippen LogP contribution in [0.2, 0.25) is 0 Å². The first-order valence-corrected chi connectivity index (χ1v) is 12.1. The average molecular weight is 472 g/mol. The molecule has 2 aliphatic heterocycles. The molecular weight excluding hydrogens is 450 g/mol. The molecule has 9 heteroatoms. The van der Waals surface area contributed by atoms with Crippen molar-refractivity contribution in [3.05, 3.63) is 77.9 Å². The second-order valence-corrected chi connectivity index (χ2v) is 8.92. The van der Waals surface area contributed by atoms with E-state index in [9.17, 15) is 4.79 Å². The summed E-state index contributed by atoms with van der Waals surface area (Å²) in [7, 11) is 0. The minimum absolute atomic E-state index is 0.0245. The van der Waals surface area contributed by atoms with Crippen LogP contribution in [0, 0.1) is 0 Å². The van der Waals surface area contributed by atoms with Gasteiger partial charge in [0.1, 0.15) is 13.2 Å². The number of nitrogens with zero attached hydrogens (tertiary/aromatic N) is 5. The first-order valence-electron chi connectivity index (χ1n) is 11.1. The minimum Gasteiger partial charge on any atom is -0.486 e. The number of carbonyl (C=O) groups is 1. The lowest BCUT2D eigenvalue weighted by Crippen LogP contribution is -2.28. The third-order valence-electron chi connectivity index (χ3n) is 5.91. The monoisotopic (exact) mass is 471 g/mol. The number of hydrogen-bond acceptors (Lipinski definition) is 7. The van der Waals surface area contributed by atoms with Gasteiger partial charge in [0.05, 0.1) is 22.8 Å². The molecule has 170 valence electrons. The van der Waals surface area contributed by atoms with Gasteiger partial charge in [0.15, 0.2) is 11.5 Å². The lowest BCUT2D eigenvalue weighted by atomic mass is 10.0. The van der Waals surface area contributed by atoms with Crippen LogP contribution in [0.5, 0.6) is 11.5 Å². The summed E-state index contributed by atoms with van der Waals surface area (Å²) in [5, 5.41) is 12.6. The molecule has 34 heavy (non-hydrogen) atoms. The molecule has 0 saturated heterocycles. The number of anilines is 2. The van der Waals surface area contributed by atoms with E-state index in [0.717, 1.165) is 41.0 Å². The fourth-order valence-corrected chi connectivity index (χ4v) is 5.07. The number of tetrazole rings is 1. The molecule has 2 aliphatic rings. The molecule has 0 radical (unpaired) electrons. The van der Waals surface area contributed by atoms with Crippen LogP contribution in [0.25, 0.3) is 5.69 Å². The first-order chi connectivity index (χ1) is 16.8. The summed E-state index contributed by atoms with van der Waals surface area (Å²) in [6.45, 7) is 1.03. The van der Waals surface area contributed by atoms with Gasteiger partial charge in [0.2, 0.25) is 11.1 Å². The van der Waals surface area contributed by atoms with Crippen molar-refractivity contribution in [2.24, 2.45) is 0 Å². The Kier molecular flexibility index (Phi) is 5.38. The van der Waals surface area contributed by atoms with Gasteiger partial charge in [0.25, 0.3) is 0 Å². The summed E-state index contributed by atoms with van der Waals surface area (Å²) >= 11 is 1.31. The van der Waals surface area contributed by atoms with Gasteiger partial charge in [-0.1, -0.05) is 48.2 Å². The lowest BCUT2D eigenvalue weighted by molar-refractivity contribution is -0.115. The van der Waals surface area contributed by atoms with Crippen molar-refractivity contribution in [1.29, 1.82) is 0 Å². The molecule has 0 saturated carbocycles. The molecule has 3 heterocycles. The van der Waals surface area contributed by atoms with Crippen LogP contribution in [-0.2, 0) is 17.6 Å². The quantitative estimate of drug-likeness (QED) is 0.416. The number of para-hydroxylation sites is 2. The number of hydrogen-bond donors (Lipinski definition) is 0. The Morgan fingerprint density at radius 2 is 1.56 bits per heavy atom. The highest BCUT2D eigenvalue weighted by Crippen LogP contribution is 2.37. The Labute approximate surface area is 200 Å². The van der Waals surface area contributed by atoms with Gasteiger partial charge >= 0.3 is 0 Å². The molecule has 6 rings (SSSR count). The topological polar surface area (TPSA) is 82.4 Å². The van der Waals surface area contributed by atoms with Gasteiger partial charge in [0, 0.05) is 6.07 Å². The number of fused-ring (bicyclic) bond motifs is 3. The third-order valence-corrected chi connectivity index (χ3v) is 6.82. The summed E-state index contributed by atoms with van der Waals surface area (Å²) in [6.07, 6.45) is 1.79. The maximum absolute atomic E-state index is 13.6. The van der Waals surface area contributed by atoms with E-state index < -0.39 is 0 Å². The lowest BCUT2D eigenvalue weighted by Gasteiger charge is -2.24. The van der Waals surface area contributed by atoms with E-state index >= 15 is 0 Å². The number of benzene rings is 3. The average Bonchev–Trinajstić information content (AvgIpc) is 3.29. The summed E-state index contributed by atoms with van der Waals surface area (Å²) in [5.41, 5.74) is 4.94. The van der Waals surface area contributed by atoms with E-state index in [0.29, 0.717) is 29.9 Å². The largest absolute Gasteiger partial charge is 0.486 e. The second-order valence-electron chi connectivity index (χ2n) is 7.98. The van der Waals surface area contributed by atoms with Gasteiger partial charge in [-0.15, -0.1) is 5.10 Å². The molecular formula is C25H21N5O3S. The molecule has 0 aliphatic carbocycles. The first kappa shape index (κ1) is 20.7. The molecule has 1 amide bonds. The zero-order valence-electron chi connectivity index (χ0n) is 18.3. The van der Waals surface area contributed by atoms with E-state index in [1.165, 1.54) is 11.8 Å². The number of carbonyl (C=O) groups excluding carboxylic acids is 1. The molecule has 4 aromatic rings. The highest BCUT2D eigenvalue weighted by Gasteiger charge is 2.26. The summed E-state index contributed by atoms with van der Waals surface area (Å²) in [6, 6.07) is 21.8. The van der Waals surface area contributed by atoms with Crippen molar-refractivity contribution in [2.75, 3.05) is 23.9 Å². The SMILES string of the molecule is O=C(CSc1nnnn1-c1ccc2c(c1)OCCO2)N1c2ccccc2CCc2ccccc21. The van der Waals surface area contributed by atoms with E-state index in [-0.39, 0.29) is 11.7 Å². The maximum Gasteiger partial charge on any atom is 0.242 e. The maximum atomic E-state index is 13.6. The van der Waals surface area contributed by atoms with E-state index in [1.54, 1.807) is 4.68 Å². The molecule has 0 unspecified atom stereocenters. The normalized spacial score (nSPS) is 14.2. The van der Waals surface area contributed by atoms with Gasteiger partial charge < -0.3 is 9.47 Å². The minimum atomic E-state index is -0.0245. The van der Waals surface area contributed by atoms with Crippen molar-refractivity contribution in [1.82, 2.24) is 20.2 Å². The molecule has 0 fully saturated rings. The van der Waals surface area contributed by atoms with Crippen molar-refractivity contribution in [3.63, 3.8) is 0 Å².